The molecule has 3 rings (SSSR count). The maximum absolute atomic E-state index is 12.3. The second kappa shape index (κ2) is 4.65. The van der Waals surface area contributed by atoms with Crippen LogP contribution in [0.15, 0.2) is 36.5 Å². The Morgan fingerprint density at radius 3 is 3.00 bits per heavy atom. The Balaban J connectivity index is 1.97. The minimum atomic E-state index is -0.294. The monoisotopic (exact) mass is 267 g/mol. The molecule has 1 amide bonds. The summed E-state index contributed by atoms with van der Waals surface area (Å²) in [6.45, 7) is 1.83. The zero-order valence-corrected chi connectivity index (χ0v) is 10.8. The van der Waals surface area contributed by atoms with Crippen LogP contribution >= 0.6 is 0 Å². The Morgan fingerprint density at radius 1 is 1.35 bits per heavy atom. The van der Waals surface area contributed by atoms with Crippen LogP contribution in [-0.2, 0) is 0 Å². The normalized spacial score (nSPS) is 10.7. The fourth-order valence-electron chi connectivity index (χ4n) is 2.00. The van der Waals surface area contributed by atoms with Crippen molar-refractivity contribution in [3.8, 4) is 0 Å². The molecular weight excluding hydrogens is 254 g/mol. The molecule has 2 aromatic heterocycles. The van der Waals surface area contributed by atoms with Gasteiger partial charge in [-0.3, -0.25) is 14.9 Å². The number of aromatic amines is 1. The van der Waals surface area contributed by atoms with E-state index in [2.05, 4.69) is 20.5 Å². The van der Waals surface area contributed by atoms with Gasteiger partial charge in [-0.15, -0.1) is 0 Å². The number of benzene rings is 1. The van der Waals surface area contributed by atoms with E-state index in [1.807, 2.05) is 6.92 Å². The summed E-state index contributed by atoms with van der Waals surface area (Å²) in [4.78, 5) is 16.4. The van der Waals surface area contributed by atoms with Crippen LogP contribution in [0, 0.1) is 6.92 Å². The number of rotatable bonds is 2. The van der Waals surface area contributed by atoms with E-state index in [4.69, 9.17) is 5.73 Å². The van der Waals surface area contributed by atoms with E-state index in [9.17, 15) is 4.79 Å². The fourth-order valence-corrected chi connectivity index (χ4v) is 2.00. The van der Waals surface area contributed by atoms with E-state index < -0.39 is 0 Å². The van der Waals surface area contributed by atoms with E-state index in [-0.39, 0.29) is 5.91 Å². The second-order valence-electron chi connectivity index (χ2n) is 4.47. The summed E-state index contributed by atoms with van der Waals surface area (Å²) < 4.78 is 0. The van der Waals surface area contributed by atoms with Crippen LogP contribution in [0.3, 0.4) is 0 Å². The minimum absolute atomic E-state index is 0.294. The standard InChI is InChI=1S/C14H13N5O/c1-8-11(3-2-6-16-8)17-14(20)13-10-7-9(15)4-5-12(10)18-19-13/h2-7H,15H2,1H3,(H,17,20)(H,18,19). The fraction of sp³-hybridized carbons (Fsp3) is 0.0714. The third-order valence-electron chi connectivity index (χ3n) is 3.06. The first-order valence-corrected chi connectivity index (χ1v) is 6.12. The molecule has 4 N–H and O–H groups in total. The highest BCUT2D eigenvalue weighted by Gasteiger charge is 2.15. The van der Waals surface area contributed by atoms with Crippen molar-refractivity contribution in [3.63, 3.8) is 0 Å². The van der Waals surface area contributed by atoms with E-state index in [1.54, 1.807) is 36.5 Å². The average Bonchev–Trinajstić information content (AvgIpc) is 2.84. The van der Waals surface area contributed by atoms with Gasteiger partial charge in [-0.05, 0) is 37.3 Å². The molecule has 0 radical (unpaired) electrons. The van der Waals surface area contributed by atoms with Crippen LogP contribution in [0.2, 0.25) is 0 Å². The van der Waals surface area contributed by atoms with Crippen molar-refractivity contribution in [2.45, 2.75) is 6.92 Å². The number of aryl methyl sites for hydroxylation is 1. The smallest absolute Gasteiger partial charge is 0.276 e. The molecule has 0 fully saturated rings. The minimum Gasteiger partial charge on any atom is -0.399 e. The first-order valence-electron chi connectivity index (χ1n) is 6.12. The van der Waals surface area contributed by atoms with Crippen molar-refractivity contribution < 1.29 is 4.79 Å². The van der Waals surface area contributed by atoms with Gasteiger partial charge < -0.3 is 11.1 Å². The summed E-state index contributed by atoms with van der Waals surface area (Å²) in [6.07, 6.45) is 1.68. The van der Waals surface area contributed by atoms with E-state index in [1.165, 1.54) is 0 Å². The molecule has 0 bridgehead atoms. The highest BCUT2D eigenvalue weighted by Crippen LogP contribution is 2.20. The van der Waals surface area contributed by atoms with Crippen LogP contribution < -0.4 is 11.1 Å². The number of H-pyrrole nitrogens is 1. The number of carbonyl (C=O) groups excluding carboxylic acids is 1. The van der Waals surface area contributed by atoms with Crippen molar-refractivity contribution in [2.75, 3.05) is 11.1 Å². The molecule has 0 saturated carbocycles. The summed E-state index contributed by atoms with van der Waals surface area (Å²) in [7, 11) is 0. The van der Waals surface area contributed by atoms with E-state index in [0.717, 1.165) is 11.2 Å². The van der Waals surface area contributed by atoms with Crippen LogP contribution in [0.25, 0.3) is 10.9 Å². The quantitative estimate of drug-likeness (QED) is 0.619. The summed E-state index contributed by atoms with van der Waals surface area (Å²) >= 11 is 0. The van der Waals surface area contributed by atoms with Crippen molar-refractivity contribution in [1.82, 2.24) is 15.2 Å². The van der Waals surface area contributed by atoms with Crippen molar-refractivity contribution in [3.05, 3.63) is 47.9 Å². The van der Waals surface area contributed by atoms with Crippen LogP contribution in [-0.4, -0.2) is 21.1 Å². The lowest BCUT2D eigenvalue weighted by Crippen LogP contribution is -2.14. The van der Waals surface area contributed by atoms with Gasteiger partial charge in [0.1, 0.15) is 0 Å². The predicted molar refractivity (Wildman–Crippen MR) is 77.4 cm³/mol. The summed E-state index contributed by atoms with van der Waals surface area (Å²) in [6, 6.07) is 8.84. The number of hydrogen-bond acceptors (Lipinski definition) is 4. The van der Waals surface area contributed by atoms with Gasteiger partial charge >= 0.3 is 0 Å². The number of nitrogens with two attached hydrogens (primary N) is 1. The number of nitrogen functional groups attached to an aromatic ring is 1. The van der Waals surface area contributed by atoms with E-state index in [0.29, 0.717) is 22.5 Å². The van der Waals surface area contributed by atoms with Crippen molar-refractivity contribution in [2.24, 2.45) is 0 Å². The Labute approximate surface area is 115 Å². The number of aromatic nitrogens is 3. The van der Waals surface area contributed by atoms with Crippen LogP contribution in [0.5, 0.6) is 0 Å². The lowest BCUT2D eigenvalue weighted by molar-refractivity contribution is 0.102. The number of carbonyl (C=O) groups is 1. The summed E-state index contributed by atoms with van der Waals surface area (Å²) in [5.74, 6) is -0.294. The van der Waals surface area contributed by atoms with Crippen molar-refractivity contribution in [1.29, 1.82) is 0 Å². The molecule has 6 heteroatoms. The SMILES string of the molecule is Cc1ncccc1NC(=O)c1n[nH]c2ccc(N)cc12. The van der Waals surface area contributed by atoms with Gasteiger partial charge in [0, 0.05) is 17.3 Å². The van der Waals surface area contributed by atoms with Crippen LogP contribution in [0.1, 0.15) is 16.2 Å². The lowest BCUT2D eigenvalue weighted by Gasteiger charge is -2.05. The summed E-state index contributed by atoms with van der Waals surface area (Å²) in [5, 5.41) is 10.4. The Kier molecular flexibility index (Phi) is 2.83. The highest BCUT2D eigenvalue weighted by molar-refractivity contribution is 6.11. The Hall–Kier alpha value is -2.89. The van der Waals surface area contributed by atoms with Gasteiger partial charge in [0.15, 0.2) is 5.69 Å². The molecule has 3 aromatic rings. The van der Waals surface area contributed by atoms with Gasteiger partial charge in [-0.1, -0.05) is 0 Å². The predicted octanol–water partition coefficient (Wildman–Crippen LogP) is 2.10. The molecule has 0 aliphatic rings. The largest absolute Gasteiger partial charge is 0.399 e. The first kappa shape index (κ1) is 12.2. The molecule has 0 spiro atoms. The van der Waals surface area contributed by atoms with Gasteiger partial charge in [0.2, 0.25) is 0 Å². The van der Waals surface area contributed by atoms with Gasteiger partial charge in [-0.2, -0.15) is 5.10 Å². The molecule has 0 aliphatic heterocycles. The molecule has 1 aromatic carbocycles. The average molecular weight is 267 g/mol. The number of amides is 1. The maximum atomic E-state index is 12.3. The maximum Gasteiger partial charge on any atom is 0.276 e. The lowest BCUT2D eigenvalue weighted by atomic mass is 10.2. The molecular formula is C14H13N5O. The third-order valence-corrected chi connectivity index (χ3v) is 3.06. The molecule has 100 valence electrons. The number of pyridine rings is 1. The molecule has 20 heavy (non-hydrogen) atoms. The second-order valence-corrected chi connectivity index (χ2v) is 4.47. The molecule has 0 saturated heterocycles. The molecule has 0 atom stereocenters. The van der Waals surface area contributed by atoms with E-state index >= 15 is 0 Å². The molecule has 0 unspecified atom stereocenters. The van der Waals surface area contributed by atoms with Crippen LogP contribution in [0.4, 0.5) is 11.4 Å². The van der Waals surface area contributed by atoms with Crippen molar-refractivity contribution >= 4 is 28.2 Å². The van der Waals surface area contributed by atoms with Gasteiger partial charge in [-0.25, -0.2) is 0 Å². The zero-order valence-electron chi connectivity index (χ0n) is 10.8. The number of hydrogen-bond donors (Lipinski definition) is 3. The Bertz CT molecular complexity index is 793. The summed E-state index contributed by atoms with van der Waals surface area (Å²) in [5.41, 5.74) is 8.83. The zero-order chi connectivity index (χ0) is 14.1. The molecule has 0 aliphatic carbocycles. The third kappa shape index (κ3) is 2.07. The number of anilines is 2. The Morgan fingerprint density at radius 2 is 2.20 bits per heavy atom. The van der Waals surface area contributed by atoms with Gasteiger partial charge in [0.25, 0.3) is 5.91 Å². The number of nitrogens with zero attached hydrogens (tertiary/aromatic N) is 2. The number of nitrogens with one attached hydrogen (secondary N) is 2. The highest BCUT2D eigenvalue weighted by atomic mass is 16.1. The molecule has 6 nitrogen and oxygen atoms in total. The molecule has 2 heterocycles. The van der Waals surface area contributed by atoms with Gasteiger partial charge in [0.05, 0.1) is 16.9 Å². The number of fused-ring (bicyclic) bond motifs is 1. The first-order chi connectivity index (χ1) is 9.65. The topological polar surface area (TPSA) is 96.7 Å².